The van der Waals surface area contributed by atoms with Crippen LogP contribution in [0.5, 0.6) is 0 Å². The van der Waals surface area contributed by atoms with Gasteiger partial charge in [-0.2, -0.15) is 0 Å². The van der Waals surface area contributed by atoms with E-state index in [0.717, 1.165) is 6.92 Å². The zero-order valence-corrected chi connectivity index (χ0v) is 8.78. The lowest BCUT2D eigenvalue weighted by molar-refractivity contribution is -0.147. The third-order valence-electron chi connectivity index (χ3n) is 2.24. The lowest BCUT2D eigenvalue weighted by atomic mass is 9.97. The van der Waals surface area contributed by atoms with Gasteiger partial charge in [-0.3, -0.25) is 9.59 Å². The number of carboxylic acid groups (broad SMARTS) is 1. The summed E-state index contributed by atoms with van der Waals surface area (Å²) < 4.78 is 0. The summed E-state index contributed by atoms with van der Waals surface area (Å²) in [5.74, 6) is -3.37. The molecule has 0 spiro atoms. The summed E-state index contributed by atoms with van der Waals surface area (Å²) in [6.07, 6.45) is -5.44. The third-order valence-corrected chi connectivity index (χ3v) is 2.24. The number of aliphatic carboxylic acids is 1. The molecule has 0 saturated carbocycles. The Labute approximate surface area is 92.0 Å². The van der Waals surface area contributed by atoms with E-state index < -0.39 is 49.0 Å². The van der Waals surface area contributed by atoms with Gasteiger partial charge in [0, 0.05) is 6.42 Å². The number of hydrogen-bond acceptors (Lipinski definition) is 6. The highest BCUT2D eigenvalue weighted by Crippen LogP contribution is 2.09. The van der Waals surface area contributed by atoms with Crippen LogP contribution in [0.1, 0.15) is 13.3 Å². The molecule has 94 valence electrons. The summed E-state index contributed by atoms with van der Waals surface area (Å²) in [5.41, 5.74) is 0. The van der Waals surface area contributed by atoms with Crippen LogP contribution in [0.15, 0.2) is 0 Å². The Bertz CT molecular complexity index is 252. The molecular formula is C9H16O7. The number of hydrogen-bond donors (Lipinski definition) is 5. The lowest BCUT2D eigenvalue weighted by Crippen LogP contribution is -2.41. The van der Waals surface area contributed by atoms with Crippen molar-refractivity contribution in [2.75, 3.05) is 6.61 Å². The van der Waals surface area contributed by atoms with Crippen LogP contribution in [-0.2, 0) is 9.59 Å². The minimum atomic E-state index is -1.69. The molecule has 4 atom stereocenters. The highest BCUT2D eigenvalue weighted by Gasteiger charge is 2.29. The van der Waals surface area contributed by atoms with Crippen LogP contribution in [0.2, 0.25) is 0 Å². The molecule has 0 radical (unpaired) electrons. The van der Waals surface area contributed by atoms with E-state index in [0.29, 0.717) is 0 Å². The third kappa shape index (κ3) is 4.23. The molecule has 0 saturated heterocycles. The Morgan fingerprint density at radius 3 is 2.00 bits per heavy atom. The normalized spacial score (nSPS) is 18.6. The standard InChI is InChI=1S/C9H16O7/c1-4(9(15)16)5(11)2-6(12)8(14)7(13)3-10/h4,6-8,10,12-14H,2-3H2,1H3,(H,15,16)/t4-,6-,7-,8+/m1/s1. The van der Waals surface area contributed by atoms with E-state index in [-0.39, 0.29) is 0 Å². The Kier molecular flexibility index (Phi) is 6.12. The summed E-state index contributed by atoms with van der Waals surface area (Å²) >= 11 is 0. The van der Waals surface area contributed by atoms with Crippen LogP contribution in [0, 0.1) is 5.92 Å². The molecule has 0 aromatic heterocycles. The largest absolute Gasteiger partial charge is 0.481 e. The van der Waals surface area contributed by atoms with E-state index in [2.05, 4.69) is 0 Å². The molecular weight excluding hydrogens is 220 g/mol. The lowest BCUT2D eigenvalue weighted by Gasteiger charge is -2.21. The highest BCUT2D eigenvalue weighted by molar-refractivity contribution is 5.97. The van der Waals surface area contributed by atoms with Gasteiger partial charge in [-0.1, -0.05) is 0 Å². The van der Waals surface area contributed by atoms with Crippen LogP contribution < -0.4 is 0 Å². The van der Waals surface area contributed by atoms with E-state index in [4.69, 9.17) is 15.3 Å². The summed E-state index contributed by atoms with van der Waals surface area (Å²) in [5, 5.41) is 44.4. The summed E-state index contributed by atoms with van der Waals surface area (Å²) in [6, 6.07) is 0. The predicted molar refractivity (Wildman–Crippen MR) is 51.5 cm³/mol. The zero-order chi connectivity index (χ0) is 12.9. The molecule has 16 heavy (non-hydrogen) atoms. The number of carboxylic acids is 1. The Hall–Kier alpha value is -1.02. The molecule has 0 rings (SSSR count). The number of ketones is 1. The van der Waals surface area contributed by atoms with Crippen LogP contribution in [0.3, 0.4) is 0 Å². The van der Waals surface area contributed by atoms with Crippen LogP contribution in [0.4, 0.5) is 0 Å². The summed E-state index contributed by atoms with van der Waals surface area (Å²) in [7, 11) is 0. The van der Waals surface area contributed by atoms with Gasteiger partial charge in [0.15, 0.2) is 0 Å². The number of aliphatic hydroxyl groups excluding tert-OH is 4. The Morgan fingerprint density at radius 2 is 1.62 bits per heavy atom. The van der Waals surface area contributed by atoms with Gasteiger partial charge in [0.25, 0.3) is 0 Å². The Balaban J connectivity index is 4.29. The number of aliphatic hydroxyl groups is 4. The first kappa shape index (κ1) is 15.0. The highest BCUT2D eigenvalue weighted by atomic mass is 16.4. The molecule has 0 bridgehead atoms. The fourth-order valence-electron chi connectivity index (χ4n) is 1.01. The fourth-order valence-corrected chi connectivity index (χ4v) is 1.01. The van der Waals surface area contributed by atoms with Crippen molar-refractivity contribution in [1.82, 2.24) is 0 Å². The van der Waals surface area contributed by atoms with Crippen LogP contribution >= 0.6 is 0 Å². The van der Waals surface area contributed by atoms with Crippen molar-refractivity contribution in [3.8, 4) is 0 Å². The average molecular weight is 236 g/mol. The monoisotopic (exact) mass is 236 g/mol. The fraction of sp³-hybridized carbons (Fsp3) is 0.778. The molecule has 0 amide bonds. The first-order valence-corrected chi connectivity index (χ1v) is 4.71. The molecule has 0 heterocycles. The van der Waals surface area contributed by atoms with Crippen molar-refractivity contribution in [2.24, 2.45) is 5.92 Å². The van der Waals surface area contributed by atoms with Crippen molar-refractivity contribution in [1.29, 1.82) is 0 Å². The molecule has 5 N–H and O–H groups in total. The molecule has 0 aliphatic carbocycles. The SMILES string of the molecule is C[C@@H](C(=O)O)C(=O)C[C@@H](O)[C@H](O)[C@H](O)CO. The van der Waals surface area contributed by atoms with Crippen molar-refractivity contribution < 1.29 is 35.1 Å². The van der Waals surface area contributed by atoms with Gasteiger partial charge in [0.2, 0.25) is 0 Å². The van der Waals surface area contributed by atoms with E-state index in [1.54, 1.807) is 0 Å². The van der Waals surface area contributed by atoms with Gasteiger partial charge in [-0.25, -0.2) is 0 Å². The minimum Gasteiger partial charge on any atom is -0.481 e. The van der Waals surface area contributed by atoms with Crippen LogP contribution in [-0.4, -0.2) is 62.2 Å². The maximum atomic E-state index is 11.2. The zero-order valence-electron chi connectivity index (χ0n) is 8.78. The van der Waals surface area contributed by atoms with Gasteiger partial charge >= 0.3 is 5.97 Å². The van der Waals surface area contributed by atoms with Crippen molar-refractivity contribution in [3.05, 3.63) is 0 Å². The summed E-state index contributed by atoms with van der Waals surface area (Å²) in [4.78, 5) is 21.6. The minimum absolute atomic E-state index is 0.592. The second-order valence-electron chi connectivity index (χ2n) is 3.54. The number of carbonyl (C=O) groups excluding carboxylic acids is 1. The molecule has 0 aliphatic rings. The number of carbonyl (C=O) groups is 2. The van der Waals surface area contributed by atoms with E-state index >= 15 is 0 Å². The number of rotatable bonds is 7. The van der Waals surface area contributed by atoms with Gasteiger partial charge in [-0.05, 0) is 6.92 Å². The second kappa shape index (κ2) is 6.54. The average Bonchev–Trinajstić information content (AvgIpc) is 2.25. The van der Waals surface area contributed by atoms with E-state index in [1.807, 2.05) is 0 Å². The first-order valence-electron chi connectivity index (χ1n) is 4.71. The molecule has 7 nitrogen and oxygen atoms in total. The van der Waals surface area contributed by atoms with E-state index in [9.17, 15) is 19.8 Å². The van der Waals surface area contributed by atoms with Crippen molar-refractivity contribution in [2.45, 2.75) is 31.7 Å². The van der Waals surface area contributed by atoms with Crippen molar-refractivity contribution >= 4 is 11.8 Å². The van der Waals surface area contributed by atoms with Crippen LogP contribution in [0.25, 0.3) is 0 Å². The molecule has 0 fully saturated rings. The number of Topliss-reactive ketones (excluding diaryl/α,β-unsaturated/α-hetero) is 1. The van der Waals surface area contributed by atoms with Crippen molar-refractivity contribution in [3.63, 3.8) is 0 Å². The molecule has 0 aromatic carbocycles. The predicted octanol–water partition coefficient (Wildman–Crippen LogP) is -2.26. The Morgan fingerprint density at radius 1 is 1.12 bits per heavy atom. The molecule has 7 heteroatoms. The quantitative estimate of drug-likeness (QED) is 0.315. The molecule has 0 unspecified atom stereocenters. The first-order chi connectivity index (χ1) is 7.31. The maximum Gasteiger partial charge on any atom is 0.313 e. The molecule has 0 aromatic rings. The van der Waals surface area contributed by atoms with Gasteiger partial charge in [0.1, 0.15) is 23.9 Å². The van der Waals surface area contributed by atoms with Gasteiger partial charge < -0.3 is 25.5 Å². The topological polar surface area (TPSA) is 135 Å². The van der Waals surface area contributed by atoms with Gasteiger partial charge in [0.05, 0.1) is 12.7 Å². The smallest absolute Gasteiger partial charge is 0.313 e. The van der Waals surface area contributed by atoms with E-state index in [1.165, 1.54) is 0 Å². The van der Waals surface area contributed by atoms with Gasteiger partial charge in [-0.15, -0.1) is 0 Å². The second-order valence-corrected chi connectivity index (χ2v) is 3.54. The summed E-state index contributed by atoms with van der Waals surface area (Å²) in [6.45, 7) is 0.396. The maximum absolute atomic E-state index is 11.2. The molecule has 0 aliphatic heterocycles.